The van der Waals surface area contributed by atoms with E-state index in [1.165, 1.54) is 0 Å². The lowest BCUT2D eigenvalue weighted by atomic mass is 10.2. The van der Waals surface area contributed by atoms with E-state index >= 15 is 0 Å². The fourth-order valence-corrected chi connectivity index (χ4v) is 3.43. The molecule has 0 bridgehead atoms. The molecule has 1 saturated heterocycles. The maximum Gasteiger partial charge on any atom is 0.419 e. The molecule has 26 heavy (non-hydrogen) atoms. The number of anilines is 1. The van der Waals surface area contributed by atoms with Crippen LogP contribution in [-0.2, 0) is 6.54 Å². The summed E-state index contributed by atoms with van der Waals surface area (Å²) in [6.45, 7) is 4.89. The van der Waals surface area contributed by atoms with Gasteiger partial charge in [-0.2, -0.15) is 5.10 Å². The zero-order chi connectivity index (χ0) is 18.3. The van der Waals surface area contributed by atoms with E-state index in [2.05, 4.69) is 20.5 Å². The number of hydrogen-bond donors (Lipinski definition) is 2. The van der Waals surface area contributed by atoms with E-state index in [0.29, 0.717) is 35.7 Å². The van der Waals surface area contributed by atoms with Gasteiger partial charge in [-0.25, -0.2) is 14.6 Å². The van der Waals surface area contributed by atoms with Gasteiger partial charge in [0.05, 0.1) is 11.6 Å². The van der Waals surface area contributed by atoms with Gasteiger partial charge in [-0.05, 0) is 38.8 Å². The standard InChI is InChI=1S/C17H20N6O3/c1-3-22-12-7-6-11(9-14(12)26-17(22)25)19-16(24)23-8-4-5-13(23)15-18-10(2)20-21-15/h6-7,9,13H,3-5,8H2,1-2H3,(H,19,24)(H,18,20,21)/t13-/m0/s1. The summed E-state index contributed by atoms with van der Waals surface area (Å²) < 4.78 is 6.79. The number of aromatic amines is 1. The van der Waals surface area contributed by atoms with Crippen LogP contribution in [0.1, 0.15) is 37.5 Å². The smallest absolute Gasteiger partial charge is 0.408 e. The lowest BCUT2D eigenvalue weighted by Crippen LogP contribution is -2.34. The van der Waals surface area contributed by atoms with Crippen LogP contribution >= 0.6 is 0 Å². The van der Waals surface area contributed by atoms with Crippen LogP contribution in [-0.4, -0.2) is 37.2 Å². The van der Waals surface area contributed by atoms with Crippen LogP contribution in [0.3, 0.4) is 0 Å². The molecule has 1 atom stereocenters. The number of nitrogens with zero attached hydrogens (tertiary/aromatic N) is 4. The minimum absolute atomic E-state index is 0.136. The lowest BCUT2D eigenvalue weighted by molar-refractivity contribution is 0.205. The number of fused-ring (bicyclic) bond motifs is 1. The normalized spacial score (nSPS) is 17.2. The predicted molar refractivity (Wildman–Crippen MR) is 95.0 cm³/mol. The molecule has 2 amide bonds. The first-order chi connectivity index (χ1) is 12.6. The van der Waals surface area contributed by atoms with E-state index in [1.54, 1.807) is 27.7 Å². The molecule has 9 heteroatoms. The number of oxazole rings is 1. The number of urea groups is 1. The second kappa shape index (κ2) is 6.32. The van der Waals surface area contributed by atoms with Gasteiger partial charge in [0.2, 0.25) is 0 Å². The van der Waals surface area contributed by atoms with Gasteiger partial charge in [0.25, 0.3) is 0 Å². The molecular formula is C17H20N6O3. The summed E-state index contributed by atoms with van der Waals surface area (Å²) in [6, 6.07) is 4.86. The number of nitrogens with one attached hydrogen (secondary N) is 2. The molecule has 1 fully saturated rings. The number of rotatable bonds is 3. The lowest BCUT2D eigenvalue weighted by Gasteiger charge is -2.22. The Hall–Kier alpha value is -3.10. The third-order valence-corrected chi connectivity index (χ3v) is 4.66. The highest BCUT2D eigenvalue weighted by molar-refractivity contribution is 5.92. The molecule has 136 valence electrons. The third-order valence-electron chi connectivity index (χ3n) is 4.66. The van der Waals surface area contributed by atoms with Gasteiger partial charge >= 0.3 is 11.8 Å². The highest BCUT2D eigenvalue weighted by Gasteiger charge is 2.32. The second-order valence-corrected chi connectivity index (χ2v) is 6.36. The van der Waals surface area contributed by atoms with Crippen LogP contribution < -0.4 is 11.1 Å². The Morgan fingerprint density at radius 1 is 1.46 bits per heavy atom. The molecule has 0 saturated carbocycles. The zero-order valence-corrected chi connectivity index (χ0v) is 14.7. The number of aromatic nitrogens is 4. The molecular weight excluding hydrogens is 336 g/mol. The largest absolute Gasteiger partial charge is 0.419 e. The van der Waals surface area contributed by atoms with Gasteiger partial charge in [0.15, 0.2) is 11.4 Å². The van der Waals surface area contributed by atoms with Crippen LogP contribution in [0.25, 0.3) is 11.1 Å². The highest BCUT2D eigenvalue weighted by Crippen LogP contribution is 2.30. The average Bonchev–Trinajstić information content (AvgIpc) is 3.31. The van der Waals surface area contributed by atoms with Crippen LogP contribution in [0.4, 0.5) is 10.5 Å². The summed E-state index contributed by atoms with van der Waals surface area (Å²) >= 11 is 0. The van der Waals surface area contributed by atoms with E-state index in [1.807, 2.05) is 13.8 Å². The van der Waals surface area contributed by atoms with Crippen molar-refractivity contribution in [3.63, 3.8) is 0 Å². The van der Waals surface area contributed by atoms with E-state index in [0.717, 1.165) is 18.7 Å². The molecule has 0 aliphatic carbocycles. The summed E-state index contributed by atoms with van der Waals surface area (Å²) in [5.41, 5.74) is 1.75. The van der Waals surface area contributed by atoms with Crippen molar-refractivity contribution < 1.29 is 9.21 Å². The Labute approximate surface area is 149 Å². The summed E-state index contributed by atoms with van der Waals surface area (Å²) in [7, 11) is 0. The third kappa shape index (κ3) is 2.75. The number of carbonyl (C=O) groups excluding carboxylic acids is 1. The summed E-state index contributed by atoms with van der Waals surface area (Å²) in [6.07, 6.45) is 1.73. The van der Waals surface area contributed by atoms with Crippen molar-refractivity contribution in [3.05, 3.63) is 40.4 Å². The molecule has 3 aromatic rings. The maximum atomic E-state index is 12.7. The summed E-state index contributed by atoms with van der Waals surface area (Å²) in [5, 5.41) is 9.89. The molecule has 1 aliphatic heterocycles. The number of carbonyl (C=O) groups is 1. The van der Waals surface area contributed by atoms with Crippen molar-refractivity contribution in [2.75, 3.05) is 11.9 Å². The molecule has 9 nitrogen and oxygen atoms in total. The number of H-pyrrole nitrogens is 1. The molecule has 2 aromatic heterocycles. The summed E-state index contributed by atoms with van der Waals surface area (Å²) in [5.74, 6) is 0.968. The number of amides is 2. The van der Waals surface area contributed by atoms with Gasteiger partial charge in [0.1, 0.15) is 5.82 Å². The van der Waals surface area contributed by atoms with Gasteiger partial charge in [-0.1, -0.05) is 0 Å². The Morgan fingerprint density at radius 3 is 3.04 bits per heavy atom. The second-order valence-electron chi connectivity index (χ2n) is 6.36. The van der Waals surface area contributed by atoms with E-state index in [9.17, 15) is 9.59 Å². The van der Waals surface area contributed by atoms with Crippen molar-refractivity contribution in [1.82, 2.24) is 24.6 Å². The Bertz CT molecular complexity index is 1020. The quantitative estimate of drug-likeness (QED) is 0.749. The minimum Gasteiger partial charge on any atom is -0.408 e. The van der Waals surface area contributed by atoms with E-state index in [-0.39, 0.29) is 12.1 Å². The molecule has 3 heterocycles. The topological polar surface area (TPSA) is 109 Å². The van der Waals surface area contributed by atoms with Gasteiger partial charge in [0, 0.05) is 24.8 Å². The molecule has 1 aliphatic rings. The van der Waals surface area contributed by atoms with Crippen LogP contribution in [0.2, 0.25) is 0 Å². The zero-order valence-electron chi connectivity index (χ0n) is 14.7. The number of benzene rings is 1. The van der Waals surface area contributed by atoms with Gasteiger partial charge < -0.3 is 14.6 Å². The van der Waals surface area contributed by atoms with E-state index < -0.39 is 5.76 Å². The van der Waals surface area contributed by atoms with E-state index in [4.69, 9.17) is 4.42 Å². The van der Waals surface area contributed by atoms with Crippen LogP contribution in [0.15, 0.2) is 27.4 Å². The Morgan fingerprint density at radius 2 is 2.31 bits per heavy atom. The molecule has 2 N–H and O–H groups in total. The van der Waals surface area contributed by atoms with Gasteiger partial charge in [-0.15, -0.1) is 0 Å². The highest BCUT2D eigenvalue weighted by atomic mass is 16.4. The Kier molecular flexibility index (Phi) is 3.98. The number of likely N-dealkylation sites (tertiary alicyclic amines) is 1. The fraction of sp³-hybridized carbons (Fsp3) is 0.412. The fourth-order valence-electron chi connectivity index (χ4n) is 3.43. The predicted octanol–water partition coefficient (Wildman–Crippen LogP) is 2.41. The van der Waals surface area contributed by atoms with Crippen molar-refractivity contribution in [2.45, 2.75) is 39.3 Å². The van der Waals surface area contributed by atoms with Crippen molar-refractivity contribution in [3.8, 4) is 0 Å². The van der Waals surface area contributed by atoms with Crippen molar-refractivity contribution >= 4 is 22.8 Å². The average molecular weight is 356 g/mol. The first-order valence-corrected chi connectivity index (χ1v) is 8.66. The number of hydrogen-bond acceptors (Lipinski definition) is 5. The molecule has 0 radical (unpaired) electrons. The molecule has 0 unspecified atom stereocenters. The summed E-state index contributed by atoms with van der Waals surface area (Å²) in [4.78, 5) is 30.6. The molecule has 4 rings (SSSR count). The van der Waals surface area contributed by atoms with Crippen molar-refractivity contribution in [1.29, 1.82) is 0 Å². The minimum atomic E-state index is -0.398. The van der Waals surface area contributed by atoms with Gasteiger partial charge in [-0.3, -0.25) is 9.67 Å². The number of aryl methyl sites for hydroxylation is 2. The molecule has 1 aromatic carbocycles. The molecule has 0 spiro atoms. The first-order valence-electron chi connectivity index (χ1n) is 8.66. The van der Waals surface area contributed by atoms with Crippen molar-refractivity contribution in [2.24, 2.45) is 0 Å². The maximum absolute atomic E-state index is 12.7. The van der Waals surface area contributed by atoms with Crippen LogP contribution in [0.5, 0.6) is 0 Å². The monoisotopic (exact) mass is 356 g/mol. The SMILES string of the molecule is CCn1c(=O)oc2cc(NC(=O)N3CCC[C@H]3c3n[nH]c(C)n3)ccc21. The van der Waals surface area contributed by atoms with Crippen LogP contribution in [0, 0.1) is 6.92 Å². The first kappa shape index (κ1) is 16.4. The Balaban J connectivity index is 1.55.